The number of likely N-dealkylation sites (tertiary alicyclic amines) is 1. The number of hydrogen-bond donors (Lipinski definition) is 0. The lowest BCUT2D eigenvalue weighted by molar-refractivity contribution is -0.140. The van der Waals surface area contributed by atoms with Crippen molar-refractivity contribution in [1.82, 2.24) is 19.7 Å². The van der Waals surface area contributed by atoms with Gasteiger partial charge in [-0.1, -0.05) is 0 Å². The number of Topliss-reactive ketones (excluding diaryl/α,β-unsaturated/α-hetero) is 1. The summed E-state index contributed by atoms with van der Waals surface area (Å²) in [6, 6.07) is 13.2. The van der Waals surface area contributed by atoms with Crippen LogP contribution in [0.2, 0.25) is 0 Å². The van der Waals surface area contributed by atoms with Gasteiger partial charge >= 0.3 is 12.8 Å². The molecule has 4 aromatic rings. The van der Waals surface area contributed by atoms with Crippen molar-refractivity contribution in [3.8, 4) is 22.7 Å². The predicted molar refractivity (Wildman–Crippen MR) is 150 cm³/mol. The van der Waals surface area contributed by atoms with Gasteiger partial charge in [0, 0.05) is 55.8 Å². The average Bonchev–Trinajstić information content (AvgIpc) is 3.59. The number of hydrogen-bond acceptors (Lipinski definition) is 6. The van der Waals surface area contributed by atoms with Crippen LogP contribution >= 0.6 is 0 Å². The van der Waals surface area contributed by atoms with Crippen LogP contribution in [0, 0.1) is 5.82 Å². The molecule has 2 saturated heterocycles. The van der Waals surface area contributed by atoms with Crippen LogP contribution in [0.15, 0.2) is 73.1 Å². The van der Waals surface area contributed by atoms with Gasteiger partial charge in [0.15, 0.2) is 11.5 Å². The predicted octanol–water partition coefficient (Wildman–Crippen LogP) is 6.15. The second-order valence-electron chi connectivity index (χ2n) is 10.8. The molecule has 0 radical (unpaired) electrons. The van der Waals surface area contributed by atoms with E-state index in [0.717, 1.165) is 6.07 Å². The summed E-state index contributed by atoms with van der Waals surface area (Å²) in [5, 5.41) is 4.37. The average molecular weight is 630 g/mol. The maximum Gasteiger partial charge on any atom is 0.419 e. The smallest absolute Gasteiger partial charge is 0.419 e. The van der Waals surface area contributed by atoms with Gasteiger partial charge in [-0.25, -0.2) is 9.07 Å². The number of carbonyl (C=O) groups excluding carboxylic acids is 2. The van der Waals surface area contributed by atoms with Gasteiger partial charge in [0.25, 0.3) is 5.91 Å². The van der Waals surface area contributed by atoms with Crippen molar-refractivity contribution < 1.29 is 40.7 Å². The maximum atomic E-state index is 14.5. The molecular formula is C31H25F6N5O3. The Balaban J connectivity index is 1.25. The molecule has 0 N–H and O–H groups in total. The third-order valence-corrected chi connectivity index (χ3v) is 8.24. The number of nitrogens with zero attached hydrogens (tertiary/aromatic N) is 5. The number of anilines is 1. The molecule has 2 aliphatic heterocycles. The first-order valence-corrected chi connectivity index (χ1v) is 14.0. The number of halogens is 6. The van der Waals surface area contributed by atoms with Crippen LogP contribution in [0.3, 0.4) is 0 Å². The van der Waals surface area contributed by atoms with E-state index in [1.165, 1.54) is 35.3 Å². The molecule has 234 valence electrons. The van der Waals surface area contributed by atoms with Gasteiger partial charge in [-0.2, -0.15) is 27.1 Å². The zero-order valence-corrected chi connectivity index (χ0v) is 23.5. The minimum atomic E-state index is -4.88. The van der Waals surface area contributed by atoms with Crippen LogP contribution in [-0.2, 0) is 11.0 Å². The fourth-order valence-electron chi connectivity index (χ4n) is 6.05. The maximum absolute atomic E-state index is 14.5. The number of carbonyl (C=O) groups is 2. The molecule has 2 aromatic heterocycles. The molecule has 0 atom stereocenters. The second kappa shape index (κ2) is 11.6. The van der Waals surface area contributed by atoms with E-state index >= 15 is 0 Å². The minimum absolute atomic E-state index is 0.00198. The number of alkyl halides is 5. The quantitative estimate of drug-likeness (QED) is 0.238. The second-order valence-corrected chi connectivity index (χ2v) is 10.8. The highest BCUT2D eigenvalue weighted by atomic mass is 19.4. The molecular weight excluding hydrogens is 604 g/mol. The van der Waals surface area contributed by atoms with Crippen LogP contribution in [-0.4, -0.2) is 63.1 Å². The molecule has 0 unspecified atom stereocenters. The van der Waals surface area contributed by atoms with Crippen molar-refractivity contribution in [1.29, 1.82) is 0 Å². The van der Waals surface area contributed by atoms with Gasteiger partial charge in [-0.3, -0.25) is 14.6 Å². The number of benzene rings is 2. The Hall–Kier alpha value is -4.88. The summed E-state index contributed by atoms with van der Waals surface area (Å²) in [7, 11) is 0. The van der Waals surface area contributed by atoms with E-state index in [1.807, 2.05) is 4.90 Å². The number of ether oxygens (including phenoxy) is 1. The Morgan fingerprint density at radius 2 is 1.67 bits per heavy atom. The van der Waals surface area contributed by atoms with Crippen LogP contribution in [0.5, 0.6) is 5.75 Å². The number of pyridine rings is 1. The fraction of sp³-hybridized carbons (Fsp3) is 0.290. The van der Waals surface area contributed by atoms with Gasteiger partial charge in [0.1, 0.15) is 17.1 Å². The summed E-state index contributed by atoms with van der Waals surface area (Å²) in [5.41, 5.74) is -0.851. The highest BCUT2D eigenvalue weighted by Crippen LogP contribution is 2.40. The summed E-state index contributed by atoms with van der Waals surface area (Å²) in [4.78, 5) is 34.4. The zero-order chi connectivity index (χ0) is 31.9. The summed E-state index contributed by atoms with van der Waals surface area (Å²) >= 11 is 0. The Labute approximate surface area is 252 Å². The van der Waals surface area contributed by atoms with E-state index in [-0.39, 0.29) is 36.0 Å². The lowest BCUT2D eigenvalue weighted by Crippen LogP contribution is -2.56. The fourth-order valence-corrected chi connectivity index (χ4v) is 6.05. The van der Waals surface area contributed by atoms with Crippen molar-refractivity contribution >= 4 is 17.4 Å². The Kier molecular flexibility index (Phi) is 7.75. The zero-order valence-electron chi connectivity index (χ0n) is 23.5. The van der Waals surface area contributed by atoms with E-state index in [0.29, 0.717) is 54.9 Å². The van der Waals surface area contributed by atoms with Gasteiger partial charge in [-0.15, -0.1) is 0 Å². The van der Waals surface area contributed by atoms with Gasteiger partial charge in [0.2, 0.25) is 0 Å². The first-order chi connectivity index (χ1) is 21.5. The molecule has 2 fully saturated rings. The number of rotatable bonds is 6. The molecule has 2 aromatic carbocycles. The summed E-state index contributed by atoms with van der Waals surface area (Å²) in [6.45, 7) is -2.11. The van der Waals surface area contributed by atoms with Crippen molar-refractivity contribution in [2.45, 2.75) is 37.6 Å². The molecule has 0 bridgehead atoms. The van der Waals surface area contributed by atoms with Crippen molar-refractivity contribution in [3.63, 3.8) is 0 Å². The largest absolute Gasteiger partial charge is 0.435 e. The first kappa shape index (κ1) is 30.2. The normalized spacial score (nSPS) is 16.6. The molecule has 45 heavy (non-hydrogen) atoms. The van der Waals surface area contributed by atoms with Crippen LogP contribution in [0.1, 0.15) is 35.3 Å². The molecule has 8 nitrogen and oxygen atoms in total. The molecule has 4 heterocycles. The number of amides is 1. The van der Waals surface area contributed by atoms with Crippen molar-refractivity contribution in [2.75, 3.05) is 24.5 Å². The van der Waals surface area contributed by atoms with E-state index in [9.17, 15) is 35.9 Å². The third-order valence-electron chi connectivity index (χ3n) is 8.24. The van der Waals surface area contributed by atoms with E-state index < -0.39 is 35.6 Å². The number of piperidine rings is 1. The van der Waals surface area contributed by atoms with Gasteiger partial charge in [0.05, 0.1) is 16.9 Å². The van der Waals surface area contributed by atoms with Crippen LogP contribution in [0.25, 0.3) is 16.9 Å². The SMILES string of the molecule is O=C(c1cc(-c2cccnc2)n(-c2ccc(C(F)(F)F)c(F)c2)n1)N1CCC2(CC1)C(=O)CCN2c1ccc(OC(F)F)cc1. The van der Waals surface area contributed by atoms with E-state index in [1.54, 1.807) is 29.2 Å². The van der Waals surface area contributed by atoms with E-state index in [4.69, 9.17) is 0 Å². The van der Waals surface area contributed by atoms with Crippen LogP contribution < -0.4 is 9.64 Å². The van der Waals surface area contributed by atoms with Crippen molar-refractivity contribution in [3.05, 3.63) is 90.1 Å². The Morgan fingerprint density at radius 3 is 2.29 bits per heavy atom. The third kappa shape index (κ3) is 5.71. The number of ketones is 1. The van der Waals surface area contributed by atoms with Gasteiger partial charge < -0.3 is 14.5 Å². The highest BCUT2D eigenvalue weighted by Gasteiger charge is 2.50. The summed E-state index contributed by atoms with van der Waals surface area (Å²) in [6.07, 6.45) is -0.948. The summed E-state index contributed by atoms with van der Waals surface area (Å²) in [5.74, 6) is -1.93. The standard InChI is InChI=1S/C31H25F6N5O3/c32-24-16-21(5-8-23(24)31(35,36)37)42-26(19-2-1-12-38-18-19)17-25(39-42)28(44)40-14-10-30(11-15-40)27(43)9-13-41(30)20-3-6-22(7-4-20)45-29(33)34/h1-8,12,16-18,29H,9-11,13-15H2. The lowest BCUT2D eigenvalue weighted by atomic mass is 9.83. The molecule has 1 amide bonds. The Morgan fingerprint density at radius 1 is 0.956 bits per heavy atom. The molecule has 0 aliphatic carbocycles. The van der Waals surface area contributed by atoms with E-state index in [2.05, 4.69) is 14.8 Å². The van der Waals surface area contributed by atoms with Crippen LogP contribution in [0.4, 0.5) is 32.0 Å². The van der Waals surface area contributed by atoms with Crippen molar-refractivity contribution in [2.24, 2.45) is 0 Å². The topological polar surface area (TPSA) is 80.6 Å². The minimum Gasteiger partial charge on any atom is -0.435 e. The highest BCUT2D eigenvalue weighted by molar-refractivity contribution is 5.97. The molecule has 2 aliphatic rings. The lowest BCUT2D eigenvalue weighted by Gasteiger charge is -2.44. The molecule has 1 spiro atoms. The first-order valence-electron chi connectivity index (χ1n) is 14.0. The number of aromatic nitrogens is 3. The summed E-state index contributed by atoms with van der Waals surface area (Å²) < 4.78 is 84.8. The Bertz CT molecular complexity index is 1720. The molecule has 6 rings (SSSR count). The molecule has 14 heteroatoms. The van der Waals surface area contributed by atoms with Gasteiger partial charge in [-0.05, 0) is 67.4 Å². The molecule has 0 saturated carbocycles. The monoisotopic (exact) mass is 629 g/mol.